The number of benzene rings is 1. The van der Waals surface area contributed by atoms with Gasteiger partial charge in [-0.05, 0) is 63.0 Å². The quantitative estimate of drug-likeness (QED) is 0.817. The molecule has 0 saturated carbocycles. The summed E-state index contributed by atoms with van der Waals surface area (Å²) >= 11 is 1.43. The first-order chi connectivity index (χ1) is 12.6. The molecule has 0 aliphatic carbocycles. The molecule has 1 atom stereocenters. The number of carbonyl (C=O) groups is 2. The number of fused-ring (bicyclic) bond motifs is 3. The zero-order valence-corrected chi connectivity index (χ0v) is 15.6. The lowest BCUT2D eigenvalue weighted by atomic mass is 9.84. The van der Waals surface area contributed by atoms with Gasteiger partial charge in [-0.15, -0.1) is 0 Å². The minimum atomic E-state index is -0.0136. The number of nitrogens with zero attached hydrogens (tertiary/aromatic N) is 1. The van der Waals surface area contributed by atoms with Crippen LogP contribution in [0.2, 0.25) is 0 Å². The molecule has 2 aromatic rings. The Balaban J connectivity index is 1.37. The summed E-state index contributed by atoms with van der Waals surface area (Å²) in [6.45, 7) is 4.82. The highest BCUT2D eigenvalue weighted by molar-refractivity contribution is 7.99. The Morgan fingerprint density at radius 1 is 1.15 bits per heavy atom. The van der Waals surface area contributed by atoms with Crippen molar-refractivity contribution in [2.75, 3.05) is 19.6 Å². The van der Waals surface area contributed by atoms with Crippen LogP contribution in [0.1, 0.15) is 40.5 Å². The molecule has 136 valence electrons. The average molecular weight is 370 g/mol. The molecule has 0 unspecified atom stereocenters. The first kappa shape index (κ1) is 17.4. The third kappa shape index (κ3) is 3.71. The first-order valence-electron chi connectivity index (χ1n) is 8.99. The smallest absolute Gasteiger partial charge is 0.251 e. The number of rotatable bonds is 5. The third-order valence-electron chi connectivity index (χ3n) is 5.29. The summed E-state index contributed by atoms with van der Waals surface area (Å²) in [7, 11) is 0. The number of piperidine rings is 3. The number of nitrogens with one attached hydrogen (secondary N) is 1. The number of hydrogen-bond donors (Lipinski definition) is 1. The van der Waals surface area contributed by atoms with E-state index in [4.69, 9.17) is 4.42 Å². The normalized spacial score (nSPS) is 24.4. The largest absolute Gasteiger partial charge is 0.457 e. The van der Waals surface area contributed by atoms with Crippen LogP contribution >= 0.6 is 11.8 Å². The molecule has 1 aromatic carbocycles. The Labute approximate surface area is 157 Å². The monoisotopic (exact) mass is 370 g/mol. The van der Waals surface area contributed by atoms with E-state index < -0.39 is 0 Å². The maximum atomic E-state index is 12.5. The summed E-state index contributed by atoms with van der Waals surface area (Å²) in [5, 5.41) is 3.87. The van der Waals surface area contributed by atoms with Gasteiger partial charge in [0.2, 0.25) is 0 Å². The minimum Gasteiger partial charge on any atom is -0.457 e. The van der Waals surface area contributed by atoms with Crippen molar-refractivity contribution >= 4 is 23.5 Å². The Morgan fingerprint density at radius 2 is 1.88 bits per heavy atom. The van der Waals surface area contributed by atoms with Crippen LogP contribution in [-0.4, -0.2) is 42.3 Å². The fourth-order valence-electron chi connectivity index (χ4n) is 3.73. The summed E-state index contributed by atoms with van der Waals surface area (Å²) in [6, 6.07) is 9.51. The van der Waals surface area contributed by atoms with Crippen molar-refractivity contribution in [2.24, 2.45) is 5.92 Å². The van der Waals surface area contributed by atoms with Crippen LogP contribution in [-0.2, 0) is 0 Å². The lowest BCUT2D eigenvalue weighted by molar-refractivity contribution is 0.0620. The standard InChI is InChI=1S/C20H22N2O3S/c1-13(23)16-10-19(25-12-16)26-17-4-2-15(3-5-17)20(24)21-18-11-22-8-6-14(18)7-9-22/h2-5,10,12,14,18H,6-9,11H2,1H3,(H,21,24)/t18-/m0/s1. The highest BCUT2D eigenvalue weighted by Crippen LogP contribution is 2.30. The maximum Gasteiger partial charge on any atom is 0.251 e. The second-order valence-electron chi connectivity index (χ2n) is 7.06. The number of furan rings is 1. The SMILES string of the molecule is CC(=O)c1coc(Sc2ccc(C(=O)N[C@H]3CN4CCC3CC4)cc2)c1. The maximum absolute atomic E-state index is 12.5. The second kappa shape index (κ2) is 7.29. The van der Waals surface area contributed by atoms with Gasteiger partial charge in [-0.2, -0.15) is 0 Å². The van der Waals surface area contributed by atoms with Gasteiger partial charge in [0, 0.05) is 29.1 Å². The van der Waals surface area contributed by atoms with Crippen LogP contribution in [0.4, 0.5) is 0 Å². The van der Waals surface area contributed by atoms with Gasteiger partial charge in [0.25, 0.3) is 5.91 Å². The van der Waals surface area contributed by atoms with Crippen LogP contribution in [0.5, 0.6) is 0 Å². The van der Waals surface area contributed by atoms with E-state index in [1.54, 1.807) is 6.07 Å². The fourth-order valence-corrected chi connectivity index (χ4v) is 4.51. The molecule has 1 amide bonds. The van der Waals surface area contributed by atoms with Gasteiger partial charge in [-0.1, -0.05) is 11.8 Å². The van der Waals surface area contributed by atoms with Crippen molar-refractivity contribution in [1.82, 2.24) is 10.2 Å². The molecule has 3 aliphatic rings. The zero-order chi connectivity index (χ0) is 18.1. The summed E-state index contributed by atoms with van der Waals surface area (Å²) in [5.41, 5.74) is 1.25. The summed E-state index contributed by atoms with van der Waals surface area (Å²) in [5.74, 6) is 0.603. The van der Waals surface area contributed by atoms with Gasteiger partial charge in [0.05, 0.1) is 5.56 Å². The Kier molecular flexibility index (Phi) is 4.87. The van der Waals surface area contributed by atoms with Crippen molar-refractivity contribution in [3.8, 4) is 0 Å². The summed E-state index contributed by atoms with van der Waals surface area (Å²) in [6.07, 6.45) is 3.85. The molecule has 4 heterocycles. The van der Waals surface area contributed by atoms with Crippen molar-refractivity contribution in [2.45, 2.75) is 35.8 Å². The lowest BCUT2D eigenvalue weighted by Crippen LogP contribution is -2.57. The number of amides is 1. The molecule has 6 heteroatoms. The van der Waals surface area contributed by atoms with E-state index in [0.717, 1.165) is 11.4 Å². The Bertz CT molecular complexity index is 807. The van der Waals surface area contributed by atoms with E-state index in [9.17, 15) is 9.59 Å². The van der Waals surface area contributed by atoms with Crippen LogP contribution in [0.3, 0.4) is 0 Å². The molecule has 0 radical (unpaired) electrons. The van der Waals surface area contributed by atoms with Gasteiger partial charge >= 0.3 is 0 Å². The van der Waals surface area contributed by atoms with E-state index in [1.807, 2.05) is 24.3 Å². The Morgan fingerprint density at radius 3 is 2.46 bits per heavy atom. The van der Waals surface area contributed by atoms with Crippen LogP contribution in [0.15, 0.2) is 51.0 Å². The topological polar surface area (TPSA) is 62.6 Å². The molecule has 1 aromatic heterocycles. The number of ketones is 1. The molecule has 3 aliphatic heterocycles. The van der Waals surface area contributed by atoms with E-state index in [0.29, 0.717) is 22.1 Å². The van der Waals surface area contributed by atoms with Crippen molar-refractivity contribution in [3.05, 3.63) is 47.7 Å². The molecule has 5 nitrogen and oxygen atoms in total. The van der Waals surface area contributed by atoms with Crippen molar-refractivity contribution < 1.29 is 14.0 Å². The molecule has 5 rings (SSSR count). The highest BCUT2D eigenvalue weighted by atomic mass is 32.2. The molecule has 0 spiro atoms. The van der Waals surface area contributed by atoms with Crippen molar-refractivity contribution in [3.63, 3.8) is 0 Å². The molecule has 26 heavy (non-hydrogen) atoms. The second-order valence-corrected chi connectivity index (χ2v) is 8.13. The summed E-state index contributed by atoms with van der Waals surface area (Å²) in [4.78, 5) is 27.3. The summed E-state index contributed by atoms with van der Waals surface area (Å²) < 4.78 is 5.39. The zero-order valence-electron chi connectivity index (χ0n) is 14.7. The number of carbonyl (C=O) groups excluding carboxylic acids is 2. The van der Waals surface area contributed by atoms with Crippen molar-refractivity contribution in [1.29, 1.82) is 0 Å². The molecular weight excluding hydrogens is 348 g/mol. The van der Waals surface area contributed by atoms with E-state index in [2.05, 4.69) is 10.2 Å². The molecule has 1 N–H and O–H groups in total. The minimum absolute atomic E-state index is 0.00263. The van der Waals surface area contributed by atoms with Crippen LogP contribution in [0, 0.1) is 5.92 Å². The average Bonchev–Trinajstić information content (AvgIpc) is 3.12. The van der Waals surface area contributed by atoms with E-state index in [1.165, 1.54) is 50.9 Å². The molecule has 3 fully saturated rings. The van der Waals surface area contributed by atoms with E-state index in [-0.39, 0.29) is 17.7 Å². The Hall–Kier alpha value is -2.05. The predicted octanol–water partition coefficient (Wildman–Crippen LogP) is 3.46. The number of Topliss-reactive ketones (excluding diaryl/α,β-unsaturated/α-hetero) is 1. The first-order valence-corrected chi connectivity index (χ1v) is 9.81. The van der Waals surface area contributed by atoms with E-state index >= 15 is 0 Å². The van der Waals surface area contributed by atoms with Crippen LogP contribution in [0.25, 0.3) is 0 Å². The molecule has 2 bridgehead atoms. The fraction of sp³-hybridized carbons (Fsp3) is 0.400. The van der Waals surface area contributed by atoms with Gasteiger partial charge in [0.1, 0.15) is 6.26 Å². The highest BCUT2D eigenvalue weighted by Gasteiger charge is 2.34. The third-order valence-corrected chi connectivity index (χ3v) is 6.21. The lowest BCUT2D eigenvalue weighted by Gasteiger charge is -2.44. The van der Waals surface area contributed by atoms with Gasteiger partial charge in [0.15, 0.2) is 10.9 Å². The predicted molar refractivity (Wildman–Crippen MR) is 99.7 cm³/mol. The van der Waals surface area contributed by atoms with Gasteiger partial charge in [-0.3, -0.25) is 9.59 Å². The van der Waals surface area contributed by atoms with Gasteiger partial charge < -0.3 is 14.6 Å². The van der Waals surface area contributed by atoms with Crippen LogP contribution < -0.4 is 5.32 Å². The molecular formula is C20H22N2O3S. The number of hydrogen-bond acceptors (Lipinski definition) is 5. The molecule has 3 saturated heterocycles. The van der Waals surface area contributed by atoms with Gasteiger partial charge in [-0.25, -0.2) is 0 Å².